The minimum absolute atomic E-state index is 0.0217. The molecule has 1 heterocycles. The number of rotatable bonds is 5. The van der Waals surface area contributed by atoms with Gasteiger partial charge in [-0.25, -0.2) is 9.37 Å². The van der Waals surface area contributed by atoms with E-state index in [4.69, 9.17) is 10.00 Å². The van der Waals surface area contributed by atoms with Crippen molar-refractivity contribution in [2.45, 2.75) is 20.3 Å². The second-order valence-electron chi connectivity index (χ2n) is 4.45. The second kappa shape index (κ2) is 6.66. The fraction of sp³-hybridized carbons (Fsp3) is 0.267. The van der Waals surface area contributed by atoms with E-state index in [2.05, 4.69) is 15.3 Å². The molecule has 0 amide bonds. The largest absolute Gasteiger partial charge is 0.439 e. The lowest BCUT2D eigenvalue weighted by Gasteiger charge is -2.09. The van der Waals surface area contributed by atoms with E-state index in [0.717, 1.165) is 24.7 Å². The fourth-order valence-electron chi connectivity index (χ4n) is 1.68. The normalized spacial score (nSPS) is 10.0. The highest BCUT2D eigenvalue weighted by molar-refractivity contribution is 5.38. The zero-order valence-electron chi connectivity index (χ0n) is 11.9. The van der Waals surface area contributed by atoms with Gasteiger partial charge < -0.3 is 10.1 Å². The molecule has 21 heavy (non-hydrogen) atoms. The van der Waals surface area contributed by atoms with Crippen molar-refractivity contribution < 1.29 is 9.13 Å². The van der Waals surface area contributed by atoms with Crippen LogP contribution in [-0.2, 0) is 0 Å². The van der Waals surface area contributed by atoms with Crippen LogP contribution in [0.15, 0.2) is 24.3 Å². The van der Waals surface area contributed by atoms with Crippen LogP contribution in [0.2, 0.25) is 0 Å². The van der Waals surface area contributed by atoms with Crippen molar-refractivity contribution in [3.63, 3.8) is 0 Å². The van der Waals surface area contributed by atoms with Crippen LogP contribution < -0.4 is 10.1 Å². The van der Waals surface area contributed by atoms with Gasteiger partial charge in [-0.2, -0.15) is 10.2 Å². The monoisotopic (exact) mass is 286 g/mol. The van der Waals surface area contributed by atoms with E-state index in [9.17, 15) is 4.39 Å². The molecule has 0 saturated heterocycles. The Kier molecular flexibility index (Phi) is 4.67. The maximum atomic E-state index is 13.5. The SMILES string of the molecule is CCCNc1nc(C)cc(Oc2ccc(C#N)c(F)c2)n1. The highest BCUT2D eigenvalue weighted by atomic mass is 19.1. The Balaban J connectivity index is 2.21. The molecule has 0 saturated carbocycles. The highest BCUT2D eigenvalue weighted by Gasteiger charge is 2.07. The van der Waals surface area contributed by atoms with E-state index in [1.54, 1.807) is 12.1 Å². The summed E-state index contributed by atoms with van der Waals surface area (Å²) in [5.74, 6) is 0.460. The number of aromatic nitrogens is 2. The number of hydrogen-bond acceptors (Lipinski definition) is 5. The van der Waals surface area contributed by atoms with Crippen LogP contribution in [0.4, 0.5) is 10.3 Å². The minimum atomic E-state index is -0.620. The first-order valence-corrected chi connectivity index (χ1v) is 6.59. The summed E-state index contributed by atoms with van der Waals surface area (Å²) in [6.07, 6.45) is 0.953. The van der Waals surface area contributed by atoms with Gasteiger partial charge in [-0.15, -0.1) is 0 Å². The van der Waals surface area contributed by atoms with Crippen molar-refractivity contribution in [1.82, 2.24) is 9.97 Å². The smallest absolute Gasteiger partial charge is 0.226 e. The first-order valence-electron chi connectivity index (χ1n) is 6.59. The zero-order chi connectivity index (χ0) is 15.2. The first kappa shape index (κ1) is 14.7. The number of aryl methyl sites for hydroxylation is 1. The summed E-state index contributed by atoms with van der Waals surface area (Å²) in [6, 6.07) is 7.48. The summed E-state index contributed by atoms with van der Waals surface area (Å²) >= 11 is 0. The fourth-order valence-corrected chi connectivity index (χ4v) is 1.68. The number of ether oxygens (including phenoxy) is 1. The molecular formula is C15H15FN4O. The summed E-state index contributed by atoms with van der Waals surface area (Å²) < 4.78 is 19.1. The van der Waals surface area contributed by atoms with E-state index in [0.29, 0.717) is 11.8 Å². The standard InChI is InChI=1S/C15H15FN4O/c1-3-6-18-15-19-10(2)7-14(20-15)21-12-5-4-11(9-17)13(16)8-12/h4-5,7-8H,3,6H2,1-2H3,(H,18,19,20). The van der Waals surface area contributed by atoms with E-state index < -0.39 is 5.82 Å². The van der Waals surface area contributed by atoms with Crippen molar-refractivity contribution in [2.75, 3.05) is 11.9 Å². The highest BCUT2D eigenvalue weighted by Crippen LogP contribution is 2.23. The minimum Gasteiger partial charge on any atom is -0.439 e. The maximum Gasteiger partial charge on any atom is 0.226 e. The van der Waals surface area contributed by atoms with Crippen LogP contribution in [0.1, 0.15) is 24.6 Å². The van der Waals surface area contributed by atoms with Crippen molar-refractivity contribution in [1.29, 1.82) is 5.26 Å². The molecule has 2 rings (SSSR count). The number of nitrogens with one attached hydrogen (secondary N) is 1. The second-order valence-corrected chi connectivity index (χ2v) is 4.45. The van der Waals surface area contributed by atoms with Gasteiger partial charge in [-0.05, 0) is 25.5 Å². The molecular weight excluding hydrogens is 271 g/mol. The molecule has 0 fully saturated rings. The van der Waals surface area contributed by atoms with E-state index >= 15 is 0 Å². The number of nitrogens with zero attached hydrogens (tertiary/aromatic N) is 3. The maximum absolute atomic E-state index is 13.5. The molecule has 0 bridgehead atoms. The van der Waals surface area contributed by atoms with Gasteiger partial charge >= 0.3 is 0 Å². The number of nitriles is 1. The zero-order valence-corrected chi connectivity index (χ0v) is 11.9. The van der Waals surface area contributed by atoms with E-state index in [1.165, 1.54) is 12.1 Å². The summed E-state index contributed by atoms with van der Waals surface area (Å²) in [4.78, 5) is 8.45. The van der Waals surface area contributed by atoms with E-state index in [1.807, 2.05) is 13.8 Å². The lowest BCUT2D eigenvalue weighted by Crippen LogP contribution is -2.05. The molecule has 0 spiro atoms. The molecule has 0 aliphatic heterocycles. The van der Waals surface area contributed by atoms with Gasteiger partial charge in [0.25, 0.3) is 0 Å². The Morgan fingerprint density at radius 1 is 1.33 bits per heavy atom. The van der Waals surface area contributed by atoms with Crippen molar-refractivity contribution in [3.8, 4) is 17.7 Å². The Bertz CT molecular complexity index is 682. The number of halogens is 1. The molecule has 0 aliphatic carbocycles. The summed E-state index contributed by atoms with van der Waals surface area (Å²) in [5.41, 5.74) is 0.722. The molecule has 0 aliphatic rings. The Morgan fingerprint density at radius 3 is 2.81 bits per heavy atom. The summed E-state index contributed by atoms with van der Waals surface area (Å²) in [7, 11) is 0. The van der Waals surface area contributed by atoms with Gasteiger partial charge in [0.05, 0.1) is 5.56 Å². The summed E-state index contributed by atoms with van der Waals surface area (Å²) in [6.45, 7) is 4.62. The molecule has 1 aromatic carbocycles. The van der Waals surface area contributed by atoms with Crippen molar-refractivity contribution in [2.24, 2.45) is 0 Å². The predicted octanol–water partition coefficient (Wildman–Crippen LogP) is 3.41. The van der Waals surface area contributed by atoms with Crippen LogP contribution in [0, 0.1) is 24.1 Å². The predicted molar refractivity (Wildman–Crippen MR) is 76.7 cm³/mol. The van der Waals surface area contributed by atoms with E-state index in [-0.39, 0.29) is 11.3 Å². The number of benzene rings is 1. The first-order chi connectivity index (χ1) is 10.1. The molecule has 6 heteroatoms. The number of hydrogen-bond donors (Lipinski definition) is 1. The molecule has 0 unspecified atom stereocenters. The van der Waals surface area contributed by atoms with Crippen LogP contribution in [0.3, 0.4) is 0 Å². The molecule has 0 radical (unpaired) electrons. The molecule has 108 valence electrons. The van der Waals surface area contributed by atoms with Gasteiger partial charge in [0.1, 0.15) is 17.6 Å². The lowest BCUT2D eigenvalue weighted by atomic mass is 10.2. The molecule has 1 aromatic heterocycles. The van der Waals surface area contributed by atoms with Crippen LogP contribution in [-0.4, -0.2) is 16.5 Å². The quantitative estimate of drug-likeness (QED) is 0.912. The number of anilines is 1. The van der Waals surface area contributed by atoms with Gasteiger partial charge in [-0.3, -0.25) is 0 Å². The third kappa shape index (κ3) is 3.89. The Morgan fingerprint density at radius 2 is 2.14 bits per heavy atom. The Hall–Kier alpha value is -2.68. The molecule has 1 N–H and O–H groups in total. The van der Waals surface area contributed by atoms with Gasteiger partial charge in [0.2, 0.25) is 11.8 Å². The summed E-state index contributed by atoms with van der Waals surface area (Å²) in [5, 5.41) is 11.8. The van der Waals surface area contributed by atoms with Crippen molar-refractivity contribution in [3.05, 3.63) is 41.3 Å². The molecule has 0 atom stereocenters. The topological polar surface area (TPSA) is 70.8 Å². The van der Waals surface area contributed by atoms with Crippen LogP contribution in [0.25, 0.3) is 0 Å². The van der Waals surface area contributed by atoms with Crippen molar-refractivity contribution >= 4 is 5.95 Å². The average molecular weight is 286 g/mol. The average Bonchev–Trinajstić information content (AvgIpc) is 2.45. The van der Waals surface area contributed by atoms with Gasteiger partial charge in [0, 0.05) is 24.4 Å². The molecule has 2 aromatic rings. The van der Waals surface area contributed by atoms with Gasteiger partial charge in [-0.1, -0.05) is 6.92 Å². The van der Waals surface area contributed by atoms with Crippen LogP contribution in [0.5, 0.6) is 11.6 Å². The lowest BCUT2D eigenvalue weighted by molar-refractivity contribution is 0.456. The third-order valence-corrected chi connectivity index (χ3v) is 2.65. The Labute approximate surface area is 122 Å². The van der Waals surface area contributed by atoms with Gasteiger partial charge in [0.15, 0.2) is 0 Å². The molecule has 5 nitrogen and oxygen atoms in total. The van der Waals surface area contributed by atoms with Crippen LogP contribution >= 0.6 is 0 Å². The third-order valence-electron chi connectivity index (χ3n) is 2.65.